The minimum Gasteiger partial charge on any atom is -0.480 e. The van der Waals surface area contributed by atoms with Crippen molar-refractivity contribution in [2.45, 2.75) is 32.4 Å². The van der Waals surface area contributed by atoms with Crippen molar-refractivity contribution in [2.75, 3.05) is 6.54 Å². The molecule has 0 bridgehead atoms. The first kappa shape index (κ1) is 17.9. The molecule has 2 unspecified atom stereocenters. The molecule has 6 heteroatoms. The molecule has 1 saturated heterocycles. The number of aliphatic carboxylic acids is 1. The molecular weight excluding hydrogens is 332 g/mol. The van der Waals surface area contributed by atoms with Crippen LogP contribution in [0.4, 0.5) is 0 Å². The summed E-state index contributed by atoms with van der Waals surface area (Å²) in [6.07, 6.45) is 2.79. The van der Waals surface area contributed by atoms with E-state index in [1.807, 2.05) is 37.3 Å². The van der Waals surface area contributed by atoms with E-state index in [4.69, 9.17) is 4.74 Å². The van der Waals surface area contributed by atoms with E-state index in [-0.39, 0.29) is 5.91 Å². The first-order valence-electron chi connectivity index (χ1n) is 8.71. The van der Waals surface area contributed by atoms with E-state index in [0.29, 0.717) is 36.9 Å². The van der Waals surface area contributed by atoms with Crippen LogP contribution >= 0.6 is 0 Å². The molecule has 0 radical (unpaired) electrons. The van der Waals surface area contributed by atoms with Gasteiger partial charge in [-0.05, 0) is 30.4 Å². The standard InChI is InChI=1S/C20H22N2O4/c1-14-8-10-22(17(11-14)20(24)25)19(23)16-7-9-21-18(12-16)26-13-15-5-3-2-4-6-15/h2-7,9,12,14,17H,8,10-11,13H2,1H3,(H,24,25). The number of carboxylic acid groups (broad SMARTS) is 1. The minimum atomic E-state index is -0.959. The molecule has 1 fully saturated rings. The number of hydrogen-bond donors (Lipinski definition) is 1. The van der Waals surface area contributed by atoms with E-state index < -0.39 is 12.0 Å². The van der Waals surface area contributed by atoms with Gasteiger partial charge in [0.15, 0.2) is 0 Å². The van der Waals surface area contributed by atoms with Gasteiger partial charge in [0.2, 0.25) is 5.88 Å². The molecule has 3 rings (SSSR count). The normalized spacial score (nSPS) is 19.8. The van der Waals surface area contributed by atoms with E-state index in [1.165, 1.54) is 11.1 Å². The highest BCUT2D eigenvalue weighted by molar-refractivity contribution is 5.96. The van der Waals surface area contributed by atoms with Crippen molar-refractivity contribution in [2.24, 2.45) is 5.92 Å². The average molecular weight is 354 g/mol. The number of carbonyl (C=O) groups excluding carboxylic acids is 1. The van der Waals surface area contributed by atoms with E-state index >= 15 is 0 Å². The molecule has 2 atom stereocenters. The molecule has 1 aliphatic rings. The second kappa shape index (κ2) is 7.99. The number of nitrogens with zero attached hydrogens (tertiary/aromatic N) is 2. The molecule has 0 saturated carbocycles. The summed E-state index contributed by atoms with van der Waals surface area (Å²) in [4.78, 5) is 30.0. The van der Waals surface area contributed by atoms with Crippen molar-refractivity contribution >= 4 is 11.9 Å². The zero-order valence-corrected chi connectivity index (χ0v) is 14.7. The van der Waals surface area contributed by atoms with Crippen molar-refractivity contribution in [1.29, 1.82) is 0 Å². The van der Waals surface area contributed by atoms with E-state index in [2.05, 4.69) is 4.98 Å². The van der Waals surface area contributed by atoms with Crippen molar-refractivity contribution in [3.8, 4) is 5.88 Å². The summed E-state index contributed by atoms with van der Waals surface area (Å²) in [6, 6.07) is 12.1. The topological polar surface area (TPSA) is 79.7 Å². The van der Waals surface area contributed by atoms with E-state index in [1.54, 1.807) is 12.1 Å². The number of carboxylic acids is 1. The van der Waals surface area contributed by atoms with Gasteiger partial charge in [-0.15, -0.1) is 0 Å². The molecule has 26 heavy (non-hydrogen) atoms. The molecule has 0 spiro atoms. The van der Waals surface area contributed by atoms with Gasteiger partial charge in [0, 0.05) is 24.4 Å². The highest BCUT2D eigenvalue weighted by atomic mass is 16.5. The quantitative estimate of drug-likeness (QED) is 0.893. The molecule has 136 valence electrons. The van der Waals surface area contributed by atoms with Gasteiger partial charge in [-0.3, -0.25) is 4.79 Å². The first-order chi connectivity index (χ1) is 12.5. The summed E-state index contributed by atoms with van der Waals surface area (Å²) in [7, 11) is 0. The van der Waals surface area contributed by atoms with Crippen molar-refractivity contribution < 1.29 is 19.4 Å². The molecule has 1 amide bonds. The van der Waals surface area contributed by atoms with E-state index in [0.717, 1.165) is 12.0 Å². The second-order valence-electron chi connectivity index (χ2n) is 6.64. The molecule has 2 aromatic rings. The lowest BCUT2D eigenvalue weighted by Gasteiger charge is -2.36. The highest BCUT2D eigenvalue weighted by Gasteiger charge is 2.35. The largest absolute Gasteiger partial charge is 0.480 e. The zero-order chi connectivity index (χ0) is 18.5. The van der Waals surface area contributed by atoms with Crippen molar-refractivity contribution in [3.63, 3.8) is 0 Å². The Kier molecular flexibility index (Phi) is 5.51. The molecule has 2 heterocycles. The van der Waals surface area contributed by atoms with Crippen molar-refractivity contribution in [3.05, 3.63) is 59.8 Å². The van der Waals surface area contributed by atoms with E-state index in [9.17, 15) is 14.7 Å². The number of hydrogen-bond acceptors (Lipinski definition) is 4. The summed E-state index contributed by atoms with van der Waals surface area (Å²) >= 11 is 0. The number of pyridine rings is 1. The first-order valence-corrected chi connectivity index (χ1v) is 8.71. The number of likely N-dealkylation sites (tertiary alicyclic amines) is 1. The van der Waals surface area contributed by atoms with Crippen molar-refractivity contribution in [1.82, 2.24) is 9.88 Å². The van der Waals surface area contributed by atoms with Crippen LogP contribution in [0.5, 0.6) is 5.88 Å². The number of aromatic nitrogens is 1. The van der Waals surface area contributed by atoms with Gasteiger partial charge in [0.25, 0.3) is 5.91 Å². The smallest absolute Gasteiger partial charge is 0.326 e. The Bertz CT molecular complexity index is 778. The molecule has 0 aliphatic carbocycles. The molecule has 1 aliphatic heterocycles. The molecule has 1 aromatic carbocycles. The van der Waals surface area contributed by atoms with Crippen LogP contribution in [0.25, 0.3) is 0 Å². The van der Waals surface area contributed by atoms with Gasteiger partial charge in [-0.2, -0.15) is 0 Å². The summed E-state index contributed by atoms with van der Waals surface area (Å²) in [6.45, 7) is 2.81. The fourth-order valence-corrected chi connectivity index (χ4v) is 3.14. The maximum absolute atomic E-state index is 12.8. The Labute approximate surface area is 152 Å². The molecule has 1 N–H and O–H groups in total. The lowest BCUT2D eigenvalue weighted by Crippen LogP contribution is -2.49. The number of benzene rings is 1. The van der Waals surface area contributed by atoms with Crippen LogP contribution in [0.2, 0.25) is 0 Å². The summed E-state index contributed by atoms with van der Waals surface area (Å²) in [5, 5.41) is 9.46. The maximum atomic E-state index is 12.8. The number of ether oxygens (including phenoxy) is 1. The van der Waals surface area contributed by atoms with Gasteiger partial charge in [-0.25, -0.2) is 9.78 Å². The van der Waals surface area contributed by atoms with Crippen LogP contribution in [0, 0.1) is 5.92 Å². The van der Waals surface area contributed by atoms with Gasteiger partial charge >= 0.3 is 5.97 Å². The van der Waals surface area contributed by atoms with Gasteiger partial charge in [-0.1, -0.05) is 37.3 Å². The number of rotatable bonds is 5. The summed E-state index contributed by atoms with van der Waals surface area (Å²) in [5.41, 5.74) is 1.39. The van der Waals surface area contributed by atoms with Crippen LogP contribution in [0.15, 0.2) is 48.7 Å². The number of piperidine rings is 1. The number of carbonyl (C=O) groups is 2. The third-order valence-electron chi connectivity index (χ3n) is 4.62. The third-order valence-corrected chi connectivity index (χ3v) is 4.62. The highest BCUT2D eigenvalue weighted by Crippen LogP contribution is 2.25. The lowest BCUT2D eigenvalue weighted by atomic mass is 9.92. The molecule has 6 nitrogen and oxygen atoms in total. The Hall–Kier alpha value is -2.89. The lowest BCUT2D eigenvalue weighted by molar-refractivity contribution is -0.144. The Morgan fingerprint density at radius 2 is 2.04 bits per heavy atom. The summed E-state index contributed by atoms with van der Waals surface area (Å²) < 4.78 is 5.66. The number of amides is 1. The predicted molar refractivity (Wildman–Crippen MR) is 95.9 cm³/mol. The monoisotopic (exact) mass is 354 g/mol. The van der Waals surface area contributed by atoms with Gasteiger partial charge in [0.1, 0.15) is 12.6 Å². The Balaban J connectivity index is 1.72. The zero-order valence-electron chi connectivity index (χ0n) is 14.7. The maximum Gasteiger partial charge on any atom is 0.326 e. The average Bonchev–Trinajstić information content (AvgIpc) is 2.67. The van der Waals surface area contributed by atoms with Crippen LogP contribution in [0.1, 0.15) is 35.7 Å². The van der Waals surface area contributed by atoms with Crippen LogP contribution in [-0.4, -0.2) is 39.5 Å². The SMILES string of the molecule is CC1CCN(C(=O)c2ccnc(OCc3ccccc3)c2)C(C(=O)O)C1. The molecular formula is C20H22N2O4. The predicted octanol–water partition coefficient (Wildman–Crippen LogP) is 2.99. The Morgan fingerprint density at radius 1 is 1.27 bits per heavy atom. The molecule has 1 aromatic heterocycles. The van der Waals surface area contributed by atoms with Gasteiger partial charge < -0.3 is 14.7 Å². The fourth-order valence-electron chi connectivity index (χ4n) is 3.14. The minimum absolute atomic E-state index is 0.294. The summed E-state index contributed by atoms with van der Waals surface area (Å²) in [5.74, 6) is -0.616. The van der Waals surface area contributed by atoms with Crippen LogP contribution in [0.3, 0.4) is 0 Å². The fraction of sp³-hybridized carbons (Fsp3) is 0.350. The van der Waals surface area contributed by atoms with Crippen LogP contribution in [-0.2, 0) is 11.4 Å². The van der Waals surface area contributed by atoms with Crippen LogP contribution < -0.4 is 4.74 Å². The Morgan fingerprint density at radius 3 is 2.77 bits per heavy atom. The van der Waals surface area contributed by atoms with Gasteiger partial charge in [0.05, 0.1) is 0 Å². The third kappa shape index (κ3) is 4.20. The second-order valence-corrected chi connectivity index (χ2v) is 6.64.